The molecule has 0 saturated heterocycles. The number of hydrogen-bond acceptors (Lipinski definition) is 2. The third-order valence-corrected chi connectivity index (χ3v) is 0.346. The topological polar surface area (TPSA) is 46.5 Å². The molecule has 48 valence electrons. The second-order valence-electron chi connectivity index (χ2n) is 0.899. The molecule has 0 amide bonds. The first-order chi connectivity index (χ1) is 3.50. The lowest BCUT2D eigenvalue weighted by molar-refractivity contribution is -0.340. The van der Waals surface area contributed by atoms with Crippen LogP contribution in [-0.2, 0) is 9.74 Å². The van der Waals surface area contributed by atoms with E-state index in [0.717, 1.165) is 0 Å². The van der Waals surface area contributed by atoms with Crippen LogP contribution < -0.4 is 0 Å². The van der Waals surface area contributed by atoms with Crippen molar-refractivity contribution in [2.24, 2.45) is 0 Å². The first kappa shape index (κ1) is 7.22. The summed E-state index contributed by atoms with van der Waals surface area (Å²) in [4.78, 5) is 10.9. The summed E-state index contributed by atoms with van der Waals surface area (Å²) in [5.41, 5.74) is 0. The van der Waals surface area contributed by atoms with E-state index >= 15 is 0 Å². The first-order valence-corrected chi connectivity index (χ1v) is 1.41. The summed E-state index contributed by atoms with van der Waals surface area (Å²) in [5.74, 6) is -2.65. The van der Waals surface area contributed by atoms with Gasteiger partial charge in [-0.05, 0) is 4.53 Å². The van der Waals surface area contributed by atoms with Gasteiger partial charge in [0, 0.05) is 0 Å². The van der Waals surface area contributed by atoms with Gasteiger partial charge in [0.2, 0.25) is 0 Å². The van der Waals surface area contributed by atoms with E-state index in [0.29, 0.717) is 0 Å². The van der Waals surface area contributed by atoms with Gasteiger partial charge in [0.25, 0.3) is 0 Å². The molecule has 0 radical (unpaired) electrons. The second kappa shape index (κ2) is 1.99. The van der Waals surface area contributed by atoms with Crippen LogP contribution in [0.4, 0.5) is 13.3 Å². The van der Waals surface area contributed by atoms with Gasteiger partial charge < -0.3 is 5.11 Å². The van der Waals surface area contributed by atoms with Crippen LogP contribution in [0.25, 0.3) is 0 Å². The molecule has 6 heteroatoms. The van der Waals surface area contributed by atoms with E-state index in [9.17, 15) is 13.3 Å². The van der Waals surface area contributed by atoms with Gasteiger partial charge in [-0.1, -0.05) is 0 Å². The number of carboxylic acid groups (broad SMARTS) is 1. The molecule has 0 aromatic heterocycles. The molecular weight excluding hydrogens is 129 g/mol. The van der Waals surface area contributed by atoms with E-state index in [1.165, 1.54) is 0 Å². The van der Waals surface area contributed by atoms with E-state index in [1.807, 2.05) is 0 Å². The molecule has 0 saturated carbocycles. The molecule has 0 aromatic carbocycles. The van der Waals surface area contributed by atoms with Crippen molar-refractivity contribution >= 4 is 5.97 Å². The number of hydrogen-bond donors (Lipinski definition) is 1. The minimum absolute atomic E-state index is 1.77. The van der Waals surface area contributed by atoms with Crippen molar-refractivity contribution in [1.82, 2.24) is 0 Å². The third-order valence-electron chi connectivity index (χ3n) is 0.346. The zero-order valence-electron chi connectivity index (χ0n) is 3.40. The van der Waals surface area contributed by atoms with Crippen molar-refractivity contribution in [1.29, 1.82) is 0 Å². The number of halogens is 3. The summed E-state index contributed by atoms with van der Waals surface area (Å²) < 4.78 is 32.5. The quantitative estimate of drug-likeness (QED) is 0.594. The maximum atomic E-state index is 11.1. The van der Waals surface area contributed by atoms with E-state index in [2.05, 4.69) is 0 Å². The van der Waals surface area contributed by atoms with Crippen molar-refractivity contribution < 1.29 is 28.1 Å². The fourth-order valence-corrected chi connectivity index (χ4v) is 0.0330. The summed E-state index contributed by atoms with van der Waals surface area (Å²) >= 11 is 0. The van der Waals surface area contributed by atoms with Gasteiger partial charge in [-0.2, -0.15) is 8.78 Å². The summed E-state index contributed by atoms with van der Waals surface area (Å²) in [7, 11) is 0. The number of aliphatic carboxylic acids is 1. The Morgan fingerprint density at radius 1 is 1.62 bits per heavy atom. The Bertz CT molecular complexity index is 101. The maximum absolute atomic E-state index is 11.1. The number of rotatable bonds is 2. The van der Waals surface area contributed by atoms with E-state index < -0.39 is 12.1 Å². The Hall–Kier alpha value is -0.780. The lowest BCUT2D eigenvalue weighted by atomic mass is 10.7. The highest BCUT2D eigenvalue weighted by atomic mass is 19.4. The number of carboxylic acids is 1. The average Bonchev–Trinajstić information content (AvgIpc) is 1.67. The van der Waals surface area contributed by atoms with Crippen LogP contribution in [0.2, 0.25) is 0 Å². The van der Waals surface area contributed by atoms with Gasteiger partial charge in [-0.3, -0.25) is 0 Å². The normalized spacial score (nSPS) is 11.4. The monoisotopic (exact) mass is 130 g/mol. The smallest absolute Gasteiger partial charge is 0.475 e. The summed E-state index contributed by atoms with van der Waals surface area (Å²) in [5, 5.41) is 7.33. The molecule has 1 N–H and O–H groups in total. The van der Waals surface area contributed by atoms with Crippen LogP contribution in [0.3, 0.4) is 0 Å². The lowest BCUT2D eigenvalue weighted by Crippen LogP contribution is -2.28. The standard InChI is InChI=1S/C2HF3O3/c3-2(4,8-5)1(6)7/h(H,6,7). The zero-order valence-corrected chi connectivity index (χ0v) is 3.40. The summed E-state index contributed by atoms with van der Waals surface area (Å²) in [6.45, 7) is 0. The van der Waals surface area contributed by atoms with Crippen LogP contribution in [-0.4, -0.2) is 17.2 Å². The van der Waals surface area contributed by atoms with E-state index in [1.54, 1.807) is 4.94 Å². The molecular formula is C2HF3O3. The van der Waals surface area contributed by atoms with Gasteiger partial charge in [-0.25, -0.2) is 4.79 Å². The van der Waals surface area contributed by atoms with Crippen molar-refractivity contribution in [3.63, 3.8) is 0 Å². The molecule has 0 rings (SSSR count). The fraction of sp³-hybridized carbons (Fsp3) is 0.500. The number of carbonyl (C=O) groups is 1. The highest BCUT2D eigenvalue weighted by molar-refractivity contribution is 5.73. The Balaban J connectivity index is 3.91. The summed E-state index contributed by atoms with van der Waals surface area (Å²) in [6, 6.07) is 0. The van der Waals surface area contributed by atoms with Crippen LogP contribution >= 0.6 is 0 Å². The highest BCUT2D eigenvalue weighted by Gasteiger charge is 2.42. The molecule has 0 aromatic rings. The van der Waals surface area contributed by atoms with Crippen LogP contribution in [0.1, 0.15) is 0 Å². The Labute approximate surface area is 41.6 Å². The van der Waals surface area contributed by atoms with Gasteiger partial charge in [0.05, 0.1) is 0 Å². The lowest BCUT2D eigenvalue weighted by Gasteiger charge is -2.00. The number of alkyl halides is 2. The van der Waals surface area contributed by atoms with E-state index in [4.69, 9.17) is 9.90 Å². The predicted molar refractivity (Wildman–Crippen MR) is 14.8 cm³/mol. The Kier molecular flexibility index (Phi) is 1.80. The average molecular weight is 130 g/mol. The van der Waals surface area contributed by atoms with E-state index in [-0.39, 0.29) is 0 Å². The summed E-state index contributed by atoms with van der Waals surface area (Å²) in [6.07, 6.45) is -4.71. The fourth-order valence-electron chi connectivity index (χ4n) is 0.0330. The third kappa shape index (κ3) is 1.38. The molecule has 0 spiro atoms. The molecule has 0 aliphatic rings. The second-order valence-corrected chi connectivity index (χ2v) is 0.899. The van der Waals surface area contributed by atoms with Gasteiger partial charge in [0.1, 0.15) is 0 Å². The molecule has 0 heterocycles. The SMILES string of the molecule is O=C(O)C(F)(F)OF. The highest BCUT2D eigenvalue weighted by Crippen LogP contribution is 2.14. The zero-order chi connectivity index (χ0) is 6.78. The van der Waals surface area contributed by atoms with Crippen molar-refractivity contribution in [3.05, 3.63) is 0 Å². The van der Waals surface area contributed by atoms with Crippen molar-refractivity contribution in [2.45, 2.75) is 6.11 Å². The van der Waals surface area contributed by atoms with Crippen LogP contribution in [0.15, 0.2) is 0 Å². The molecule has 0 aliphatic carbocycles. The van der Waals surface area contributed by atoms with Crippen molar-refractivity contribution in [2.75, 3.05) is 0 Å². The van der Waals surface area contributed by atoms with Crippen LogP contribution in [0, 0.1) is 0 Å². The molecule has 0 aliphatic heterocycles. The maximum Gasteiger partial charge on any atom is 0.485 e. The van der Waals surface area contributed by atoms with Gasteiger partial charge >= 0.3 is 12.1 Å². The van der Waals surface area contributed by atoms with Gasteiger partial charge in [-0.15, -0.1) is 4.94 Å². The molecule has 0 bridgehead atoms. The first-order valence-electron chi connectivity index (χ1n) is 1.41. The minimum atomic E-state index is -4.71. The Morgan fingerprint density at radius 3 is 2.00 bits per heavy atom. The minimum Gasteiger partial charge on any atom is -0.475 e. The molecule has 0 atom stereocenters. The molecule has 0 unspecified atom stereocenters. The molecule has 0 fully saturated rings. The largest absolute Gasteiger partial charge is 0.485 e. The van der Waals surface area contributed by atoms with Crippen molar-refractivity contribution in [3.8, 4) is 0 Å². The van der Waals surface area contributed by atoms with Gasteiger partial charge in [0.15, 0.2) is 0 Å². The van der Waals surface area contributed by atoms with Crippen LogP contribution in [0.5, 0.6) is 0 Å². The molecule has 3 nitrogen and oxygen atoms in total. The molecule has 8 heavy (non-hydrogen) atoms. The Morgan fingerprint density at radius 2 is 2.00 bits per heavy atom. The predicted octanol–water partition coefficient (Wildman–Crippen LogP) is 0.565.